The van der Waals surface area contributed by atoms with Gasteiger partial charge < -0.3 is 10.5 Å². The highest BCUT2D eigenvalue weighted by Crippen LogP contribution is 2.23. The predicted molar refractivity (Wildman–Crippen MR) is 80.0 cm³/mol. The molecule has 3 nitrogen and oxygen atoms in total. The van der Waals surface area contributed by atoms with Gasteiger partial charge in [0, 0.05) is 19.1 Å². The van der Waals surface area contributed by atoms with Gasteiger partial charge >= 0.3 is 0 Å². The summed E-state index contributed by atoms with van der Waals surface area (Å²) in [6.45, 7) is 5.85. The lowest BCUT2D eigenvalue weighted by Gasteiger charge is -2.35. The second kappa shape index (κ2) is 6.91. The maximum absolute atomic E-state index is 6.26. The molecule has 0 radical (unpaired) electrons. The summed E-state index contributed by atoms with van der Waals surface area (Å²) >= 11 is 11.9. The van der Waals surface area contributed by atoms with Crippen LogP contribution in [0.4, 0.5) is 0 Å². The van der Waals surface area contributed by atoms with Gasteiger partial charge in [0.05, 0.1) is 22.8 Å². The van der Waals surface area contributed by atoms with Gasteiger partial charge in [-0.1, -0.05) is 36.2 Å². The van der Waals surface area contributed by atoms with Gasteiger partial charge in [0.15, 0.2) is 0 Å². The summed E-state index contributed by atoms with van der Waals surface area (Å²) in [6.07, 6.45) is 0.835. The van der Waals surface area contributed by atoms with Crippen LogP contribution in [0.3, 0.4) is 0 Å². The minimum atomic E-state index is -0.0217. The summed E-state index contributed by atoms with van der Waals surface area (Å²) in [7, 11) is 0. The molecular formula is C14H20Cl2N2O. The number of hydrogen-bond acceptors (Lipinski definition) is 3. The minimum absolute atomic E-state index is 0.0217. The van der Waals surface area contributed by atoms with Crippen LogP contribution in [-0.4, -0.2) is 43.3 Å². The lowest BCUT2D eigenvalue weighted by molar-refractivity contribution is -0.0385. The van der Waals surface area contributed by atoms with E-state index in [1.54, 1.807) is 0 Å². The maximum Gasteiger partial charge on any atom is 0.0856 e. The number of morpholine rings is 1. The average molecular weight is 303 g/mol. The molecule has 0 aliphatic carbocycles. The summed E-state index contributed by atoms with van der Waals surface area (Å²) in [5.74, 6) is 0. The van der Waals surface area contributed by atoms with Crippen LogP contribution in [0.15, 0.2) is 18.2 Å². The van der Waals surface area contributed by atoms with E-state index in [4.69, 9.17) is 33.7 Å². The van der Waals surface area contributed by atoms with Crippen molar-refractivity contribution >= 4 is 23.2 Å². The number of likely N-dealkylation sites (N-methyl/N-ethyl adjacent to an activating group) is 1. The first-order valence-electron chi connectivity index (χ1n) is 6.63. The molecule has 2 unspecified atom stereocenters. The molecule has 2 N–H and O–H groups in total. The number of hydrogen-bond donors (Lipinski definition) is 1. The Labute approximate surface area is 124 Å². The molecule has 1 fully saturated rings. The monoisotopic (exact) mass is 302 g/mol. The molecule has 1 aromatic rings. The largest absolute Gasteiger partial charge is 0.374 e. The van der Waals surface area contributed by atoms with Crippen LogP contribution in [0.1, 0.15) is 12.5 Å². The Morgan fingerprint density at radius 2 is 2.21 bits per heavy atom. The first-order chi connectivity index (χ1) is 9.10. The number of ether oxygens (including phenoxy) is 1. The van der Waals surface area contributed by atoms with Gasteiger partial charge in [-0.05, 0) is 30.7 Å². The van der Waals surface area contributed by atoms with Crippen molar-refractivity contribution in [3.8, 4) is 0 Å². The van der Waals surface area contributed by atoms with E-state index in [-0.39, 0.29) is 12.1 Å². The van der Waals surface area contributed by atoms with Gasteiger partial charge in [0.1, 0.15) is 0 Å². The van der Waals surface area contributed by atoms with Gasteiger partial charge in [-0.3, -0.25) is 4.90 Å². The SMILES string of the molecule is CCN1CCOC(C(N)Cc2ccc(Cl)c(Cl)c2)C1. The van der Waals surface area contributed by atoms with Crippen molar-refractivity contribution in [1.29, 1.82) is 0 Å². The number of nitrogens with two attached hydrogens (primary N) is 1. The molecule has 1 aliphatic heterocycles. The van der Waals surface area contributed by atoms with Gasteiger partial charge in [-0.15, -0.1) is 0 Å². The van der Waals surface area contributed by atoms with Crippen molar-refractivity contribution in [1.82, 2.24) is 4.90 Å². The third kappa shape index (κ3) is 4.07. The molecule has 0 saturated carbocycles. The molecule has 2 atom stereocenters. The van der Waals surface area contributed by atoms with Gasteiger partial charge in [-0.2, -0.15) is 0 Å². The fourth-order valence-corrected chi connectivity index (χ4v) is 2.67. The quantitative estimate of drug-likeness (QED) is 0.929. The first kappa shape index (κ1) is 15.1. The molecule has 1 heterocycles. The summed E-state index contributed by atoms with van der Waals surface area (Å²) in [5.41, 5.74) is 7.35. The molecule has 5 heteroatoms. The van der Waals surface area contributed by atoms with Crippen molar-refractivity contribution in [2.45, 2.75) is 25.5 Å². The minimum Gasteiger partial charge on any atom is -0.374 e. The van der Waals surface area contributed by atoms with Crippen LogP contribution in [-0.2, 0) is 11.2 Å². The first-order valence-corrected chi connectivity index (χ1v) is 7.39. The second-order valence-corrected chi connectivity index (χ2v) is 5.73. The van der Waals surface area contributed by atoms with Crippen LogP contribution in [0.2, 0.25) is 10.0 Å². The highest BCUT2D eigenvalue weighted by atomic mass is 35.5. The van der Waals surface area contributed by atoms with E-state index in [1.807, 2.05) is 18.2 Å². The summed E-state index contributed by atoms with van der Waals surface area (Å²) in [5, 5.41) is 1.15. The summed E-state index contributed by atoms with van der Waals surface area (Å²) in [6, 6.07) is 5.64. The smallest absolute Gasteiger partial charge is 0.0856 e. The van der Waals surface area contributed by atoms with E-state index >= 15 is 0 Å². The van der Waals surface area contributed by atoms with Crippen molar-refractivity contribution in [2.24, 2.45) is 5.73 Å². The molecule has 1 saturated heterocycles. The Bertz CT molecular complexity index is 428. The third-order valence-corrected chi connectivity index (χ3v) is 4.30. The molecule has 1 aliphatic rings. The molecule has 19 heavy (non-hydrogen) atoms. The van der Waals surface area contributed by atoms with Crippen LogP contribution in [0.5, 0.6) is 0 Å². The van der Waals surface area contributed by atoms with Crippen molar-refractivity contribution in [2.75, 3.05) is 26.2 Å². The van der Waals surface area contributed by atoms with E-state index in [0.717, 1.165) is 38.2 Å². The zero-order valence-corrected chi connectivity index (χ0v) is 12.6. The van der Waals surface area contributed by atoms with Crippen molar-refractivity contribution in [3.05, 3.63) is 33.8 Å². The lowest BCUT2D eigenvalue weighted by Crippen LogP contribution is -2.51. The van der Waals surface area contributed by atoms with Gasteiger partial charge in [0.2, 0.25) is 0 Å². The van der Waals surface area contributed by atoms with E-state index in [1.165, 1.54) is 0 Å². The number of halogens is 2. The van der Waals surface area contributed by atoms with Crippen LogP contribution in [0, 0.1) is 0 Å². The highest BCUT2D eigenvalue weighted by molar-refractivity contribution is 6.42. The van der Waals surface area contributed by atoms with E-state index in [2.05, 4.69) is 11.8 Å². The average Bonchev–Trinajstić information content (AvgIpc) is 2.43. The van der Waals surface area contributed by atoms with E-state index in [0.29, 0.717) is 10.0 Å². The number of nitrogens with zero attached hydrogens (tertiary/aromatic N) is 1. The standard InChI is InChI=1S/C14H20Cl2N2O/c1-2-18-5-6-19-14(9-18)13(17)8-10-3-4-11(15)12(16)7-10/h3-4,7,13-14H,2,5-6,8-9,17H2,1H3. The zero-order valence-electron chi connectivity index (χ0n) is 11.1. The second-order valence-electron chi connectivity index (χ2n) is 4.92. The fraction of sp³-hybridized carbons (Fsp3) is 0.571. The van der Waals surface area contributed by atoms with Crippen LogP contribution >= 0.6 is 23.2 Å². The topological polar surface area (TPSA) is 38.5 Å². The molecule has 0 aromatic heterocycles. The van der Waals surface area contributed by atoms with Crippen molar-refractivity contribution in [3.63, 3.8) is 0 Å². The molecular weight excluding hydrogens is 283 g/mol. The van der Waals surface area contributed by atoms with E-state index in [9.17, 15) is 0 Å². The van der Waals surface area contributed by atoms with Crippen molar-refractivity contribution < 1.29 is 4.74 Å². The Hall–Kier alpha value is -0.320. The van der Waals surface area contributed by atoms with Gasteiger partial charge in [0.25, 0.3) is 0 Å². The Morgan fingerprint density at radius 1 is 1.42 bits per heavy atom. The van der Waals surface area contributed by atoms with Crippen LogP contribution in [0.25, 0.3) is 0 Å². The Kier molecular flexibility index (Phi) is 5.48. The zero-order chi connectivity index (χ0) is 13.8. The lowest BCUT2D eigenvalue weighted by atomic mass is 10.0. The molecule has 0 spiro atoms. The summed E-state index contributed by atoms with van der Waals surface area (Å²) < 4.78 is 5.77. The molecule has 0 amide bonds. The Morgan fingerprint density at radius 3 is 2.89 bits per heavy atom. The normalized spacial score (nSPS) is 22.4. The molecule has 106 valence electrons. The molecule has 2 rings (SSSR count). The maximum atomic E-state index is 6.26. The Balaban J connectivity index is 1.96. The van der Waals surface area contributed by atoms with E-state index < -0.39 is 0 Å². The number of benzene rings is 1. The third-order valence-electron chi connectivity index (χ3n) is 3.56. The number of rotatable bonds is 4. The molecule has 1 aromatic carbocycles. The summed E-state index contributed by atoms with van der Waals surface area (Å²) in [4.78, 5) is 2.36. The highest BCUT2D eigenvalue weighted by Gasteiger charge is 2.25. The fourth-order valence-electron chi connectivity index (χ4n) is 2.35. The van der Waals surface area contributed by atoms with Gasteiger partial charge in [-0.25, -0.2) is 0 Å². The van der Waals surface area contributed by atoms with Crippen LogP contribution < -0.4 is 5.73 Å². The molecule has 0 bridgehead atoms. The predicted octanol–water partition coefficient (Wildman–Crippen LogP) is 2.58.